The van der Waals surface area contributed by atoms with E-state index in [-0.39, 0.29) is 18.1 Å². The molecule has 1 unspecified atom stereocenters. The zero-order valence-corrected chi connectivity index (χ0v) is 17.4. The van der Waals surface area contributed by atoms with Crippen molar-refractivity contribution in [3.63, 3.8) is 0 Å². The molecule has 3 rings (SSSR count). The highest BCUT2D eigenvalue weighted by Gasteiger charge is 2.27. The number of pyridine rings is 1. The van der Waals surface area contributed by atoms with Crippen LogP contribution in [-0.2, 0) is 9.47 Å². The van der Waals surface area contributed by atoms with Gasteiger partial charge in [-0.25, -0.2) is 9.59 Å². The van der Waals surface area contributed by atoms with E-state index in [0.717, 1.165) is 24.1 Å². The molecule has 0 fully saturated rings. The molecular formula is C21H27N3O5. The second-order valence-electron chi connectivity index (χ2n) is 7.97. The first-order chi connectivity index (χ1) is 13.7. The molecule has 29 heavy (non-hydrogen) atoms. The Morgan fingerprint density at radius 2 is 2.14 bits per heavy atom. The molecule has 0 saturated carbocycles. The quantitative estimate of drug-likeness (QED) is 0.743. The predicted molar refractivity (Wildman–Crippen MR) is 110 cm³/mol. The molecule has 0 saturated heterocycles. The molecule has 1 aliphatic heterocycles. The Hall–Kier alpha value is -2.87. The summed E-state index contributed by atoms with van der Waals surface area (Å²) in [7, 11) is 0. The van der Waals surface area contributed by atoms with Gasteiger partial charge in [-0.2, -0.15) is 0 Å². The average Bonchev–Trinajstić information content (AvgIpc) is 2.97. The summed E-state index contributed by atoms with van der Waals surface area (Å²) in [5.74, 6) is -0.655. The van der Waals surface area contributed by atoms with E-state index in [0.29, 0.717) is 17.1 Å². The van der Waals surface area contributed by atoms with Gasteiger partial charge in [0.1, 0.15) is 16.7 Å². The monoisotopic (exact) mass is 401 g/mol. The molecule has 8 nitrogen and oxygen atoms in total. The standard InChI is InChI=1S/C21H27N3O5/c1-6-27-19(25)16-17-15(28-18(16)24-20(26)29-21(3,4)5)10-14(11-23-17)13-7-8-22-12(2)9-13/h7,10-12,22H,6,8-9H2,1-5H3,(H,24,26). The van der Waals surface area contributed by atoms with Crippen LogP contribution in [0.1, 0.15) is 57.0 Å². The summed E-state index contributed by atoms with van der Waals surface area (Å²) in [4.78, 5) is 29.1. The van der Waals surface area contributed by atoms with Crippen molar-refractivity contribution in [1.82, 2.24) is 10.3 Å². The molecule has 156 valence electrons. The maximum atomic E-state index is 12.5. The van der Waals surface area contributed by atoms with Gasteiger partial charge in [-0.15, -0.1) is 0 Å². The van der Waals surface area contributed by atoms with Crippen molar-refractivity contribution >= 4 is 34.6 Å². The first kappa shape index (κ1) is 20.9. The van der Waals surface area contributed by atoms with Crippen LogP contribution in [0.4, 0.5) is 10.7 Å². The third kappa shape index (κ3) is 4.95. The van der Waals surface area contributed by atoms with E-state index in [9.17, 15) is 9.59 Å². The van der Waals surface area contributed by atoms with Crippen LogP contribution in [0.5, 0.6) is 0 Å². The molecule has 0 aromatic carbocycles. The van der Waals surface area contributed by atoms with Crippen LogP contribution in [-0.4, -0.2) is 41.8 Å². The van der Waals surface area contributed by atoms with Crippen molar-refractivity contribution in [2.45, 2.75) is 52.7 Å². The third-order valence-corrected chi connectivity index (χ3v) is 4.33. The van der Waals surface area contributed by atoms with E-state index in [4.69, 9.17) is 13.9 Å². The van der Waals surface area contributed by atoms with Crippen LogP contribution < -0.4 is 10.6 Å². The molecule has 0 spiro atoms. The molecule has 1 atom stereocenters. The van der Waals surface area contributed by atoms with Gasteiger partial charge in [0.25, 0.3) is 0 Å². The second kappa shape index (κ2) is 8.24. The van der Waals surface area contributed by atoms with Crippen molar-refractivity contribution in [3.8, 4) is 0 Å². The van der Waals surface area contributed by atoms with E-state index in [1.165, 1.54) is 0 Å². The largest absolute Gasteiger partial charge is 0.462 e. The van der Waals surface area contributed by atoms with E-state index >= 15 is 0 Å². The summed E-state index contributed by atoms with van der Waals surface area (Å²) >= 11 is 0. The number of aromatic nitrogens is 1. The first-order valence-electron chi connectivity index (χ1n) is 9.70. The number of amides is 1. The summed E-state index contributed by atoms with van der Waals surface area (Å²) in [6, 6.07) is 2.19. The molecule has 8 heteroatoms. The SMILES string of the molecule is CCOC(=O)c1c(NC(=O)OC(C)(C)C)oc2cc(C3=CCNC(C)C3)cnc12. The Bertz CT molecular complexity index is 955. The van der Waals surface area contributed by atoms with Crippen LogP contribution in [0.3, 0.4) is 0 Å². The summed E-state index contributed by atoms with van der Waals surface area (Å²) in [5.41, 5.74) is 2.18. The maximum Gasteiger partial charge on any atom is 0.414 e. The first-order valence-corrected chi connectivity index (χ1v) is 9.70. The second-order valence-corrected chi connectivity index (χ2v) is 7.97. The molecule has 0 bridgehead atoms. The van der Waals surface area contributed by atoms with Gasteiger partial charge in [-0.3, -0.25) is 10.3 Å². The van der Waals surface area contributed by atoms with Crippen molar-refractivity contribution in [2.75, 3.05) is 18.5 Å². The van der Waals surface area contributed by atoms with E-state index in [2.05, 4.69) is 28.6 Å². The number of nitrogens with one attached hydrogen (secondary N) is 2. The molecule has 2 N–H and O–H groups in total. The van der Waals surface area contributed by atoms with Gasteiger partial charge < -0.3 is 19.2 Å². The number of esters is 1. The van der Waals surface area contributed by atoms with Gasteiger partial charge in [0.15, 0.2) is 5.58 Å². The highest BCUT2D eigenvalue weighted by molar-refractivity contribution is 6.08. The van der Waals surface area contributed by atoms with Crippen molar-refractivity contribution < 1.29 is 23.5 Å². The van der Waals surface area contributed by atoms with Gasteiger partial charge in [-0.05, 0) is 58.2 Å². The summed E-state index contributed by atoms with van der Waals surface area (Å²) in [6.07, 6.45) is 3.96. The van der Waals surface area contributed by atoms with Crippen molar-refractivity contribution in [3.05, 3.63) is 29.5 Å². The van der Waals surface area contributed by atoms with Gasteiger partial charge in [0, 0.05) is 18.8 Å². The van der Waals surface area contributed by atoms with Gasteiger partial charge in [-0.1, -0.05) is 6.08 Å². The molecule has 2 aromatic heterocycles. The Morgan fingerprint density at radius 3 is 2.79 bits per heavy atom. The number of hydrogen-bond donors (Lipinski definition) is 2. The van der Waals surface area contributed by atoms with E-state index in [1.54, 1.807) is 33.9 Å². The summed E-state index contributed by atoms with van der Waals surface area (Å²) in [5, 5.41) is 5.87. The minimum atomic E-state index is -0.725. The van der Waals surface area contributed by atoms with Crippen LogP contribution in [0.25, 0.3) is 16.7 Å². The topological polar surface area (TPSA) is 103 Å². The number of furan rings is 1. The normalized spacial score (nSPS) is 17.0. The Balaban J connectivity index is 2.00. The lowest BCUT2D eigenvalue weighted by atomic mass is 9.97. The molecule has 3 heterocycles. The fourth-order valence-electron chi connectivity index (χ4n) is 3.14. The zero-order valence-electron chi connectivity index (χ0n) is 17.4. The highest BCUT2D eigenvalue weighted by atomic mass is 16.6. The predicted octanol–water partition coefficient (Wildman–Crippen LogP) is 4.12. The zero-order chi connectivity index (χ0) is 21.2. The molecule has 1 amide bonds. The summed E-state index contributed by atoms with van der Waals surface area (Å²) in [6.45, 7) is 10.0. The maximum absolute atomic E-state index is 12.5. The molecular weight excluding hydrogens is 374 g/mol. The number of ether oxygens (including phenoxy) is 2. The number of hydrogen-bond acceptors (Lipinski definition) is 7. The minimum Gasteiger partial charge on any atom is -0.462 e. The number of rotatable bonds is 4. The fraction of sp³-hybridized carbons (Fsp3) is 0.476. The molecule has 0 radical (unpaired) electrons. The number of nitrogens with zero attached hydrogens (tertiary/aromatic N) is 1. The van der Waals surface area contributed by atoms with Crippen LogP contribution in [0, 0.1) is 0 Å². The Labute approximate surface area is 169 Å². The van der Waals surface area contributed by atoms with Gasteiger partial charge in [0.05, 0.1) is 6.61 Å². The third-order valence-electron chi connectivity index (χ3n) is 4.33. The van der Waals surface area contributed by atoms with E-state index in [1.807, 2.05) is 6.07 Å². The molecule has 0 aliphatic carbocycles. The number of carbonyl (C=O) groups is 2. The van der Waals surface area contributed by atoms with Crippen molar-refractivity contribution in [2.24, 2.45) is 0 Å². The fourth-order valence-corrected chi connectivity index (χ4v) is 3.14. The van der Waals surface area contributed by atoms with Gasteiger partial charge in [0.2, 0.25) is 5.88 Å². The Morgan fingerprint density at radius 1 is 1.38 bits per heavy atom. The van der Waals surface area contributed by atoms with Crippen molar-refractivity contribution in [1.29, 1.82) is 0 Å². The lowest BCUT2D eigenvalue weighted by molar-refractivity contribution is 0.0529. The number of carbonyl (C=O) groups excluding carboxylic acids is 2. The van der Waals surface area contributed by atoms with Crippen LogP contribution in [0.2, 0.25) is 0 Å². The average molecular weight is 401 g/mol. The smallest absolute Gasteiger partial charge is 0.414 e. The van der Waals surface area contributed by atoms with Gasteiger partial charge >= 0.3 is 12.1 Å². The Kier molecular flexibility index (Phi) is 5.93. The number of anilines is 1. The number of fused-ring (bicyclic) bond motifs is 1. The van der Waals surface area contributed by atoms with E-state index < -0.39 is 17.7 Å². The molecule has 2 aromatic rings. The highest BCUT2D eigenvalue weighted by Crippen LogP contribution is 2.32. The minimum absolute atomic E-state index is 0.0370. The lowest BCUT2D eigenvalue weighted by Crippen LogP contribution is -2.29. The van der Waals surface area contributed by atoms with Crippen LogP contribution in [0.15, 0.2) is 22.8 Å². The molecule has 1 aliphatic rings. The lowest BCUT2D eigenvalue weighted by Gasteiger charge is -2.20. The van der Waals surface area contributed by atoms with Crippen LogP contribution >= 0.6 is 0 Å². The summed E-state index contributed by atoms with van der Waals surface area (Å²) < 4.78 is 16.2.